The van der Waals surface area contributed by atoms with E-state index >= 15 is 0 Å². The summed E-state index contributed by atoms with van der Waals surface area (Å²) in [5, 5.41) is 0. The molecule has 2 nitrogen and oxygen atoms in total. The van der Waals surface area contributed by atoms with Gasteiger partial charge in [0.25, 0.3) is 0 Å². The number of hydrogen-bond donors (Lipinski definition) is 0. The van der Waals surface area contributed by atoms with Gasteiger partial charge in [-0.05, 0) is 37.6 Å². The van der Waals surface area contributed by atoms with E-state index in [0.29, 0.717) is 0 Å². The molecule has 1 aromatic carbocycles. The zero-order valence-electron chi connectivity index (χ0n) is 10.7. The Balaban J connectivity index is 1.96. The fraction of sp³-hybridized carbons (Fsp3) is 0.571. The van der Waals surface area contributed by atoms with Crippen LogP contribution in [0.2, 0.25) is 0 Å². The Bertz CT molecular complexity index is 352. The molecule has 88 valence electrons. The van der Waals surface area contributed by atoms with Crippen LogP contribution in [0.25, 0.3) is 0 Å². The molecular weight excluding hydrogens is 196 g/mol. The van der Waals surface area contributed by atoms with Gasteiger partial charge < -0.3 is 4.90 Å². The summed E-state index contributed by atoms with van der Waals surface area (Å²) in [6, 6.07) is 6.83. The van der Waals surface area contributed by atoms with Gasteiger partial charge in [-0.1, -0.05) is 18.2 Å². The van der Waals surface area contributed by atoms with E-state index in [0.717, 1.165) is 6.54 Å². The Kier molecular flexibility index (Phi) is 3.62. The third kappa shape index (κ3) is 2.83. The minimum absolute atomic E-state index is 1.11. The van der Waals surface area contributed by atoms with Crippen LogP contribution in [-0.4, -0.2) is 43.0 Å². The topological polar surface area (TPSA) is 6.48 Å². The van der Waals surface area contributed by atoms with Gasteiger partial charge in [0.1, 0.15) is 0 Å². The first kappa shape index (κ1) is 11.6. The van der Waals surface area contributed by atoms with E-state index in [1.54, 1.807) is 0 Å². The van der Waals surface area contributed by atoms with Gasteiger partial charge in [0, 0.05) is 32.7 Å². The van der Waals surface area contributed by atoms with Gasteiger partial charge in [-0.25, -0.2) is 0 Å². The van der Waals surface area contributed by atoms with Crippen LogP contribution in [0.5, 0.6) is 0 Å². The second-order valence-electron chi connectivity index (χ2n) is 5.00. The van der Waals surface area contributed by atoms with E-state index < -0.39 is 0 Å². The zero-order chi connectivity index (χ0) is 11.5. The summed E-state index contributed by atoms with van der Waals surface area (Å²) < 4.78 is 0. The molecule has 0 saturated carbocycles. The molecule has 0 aromatic heterocycles. The minimum atomic E-state index is 1.11. The first-order chi connectivity index (χ1) is 7.65. The van der Waals surface area contributed by atoms with E-state index in [1.165, 1.54) is 42.9 Å². The van der Waals surface area contributed by atoms with Crippen molar-refractivity contribution in [2.24, 2.45) is 0 Å². The summed E-state index contributed by atoms with van der Waals surface area (Å²) >= 11 is 0. The van der Waals surface area contributed by atoms with Gasteiger partial charge in [0.05, 0.1) is 0 Å². The third-order valence-corrected chi connectivity index (χ3v) is 3.57. The highest BCUT2D eigenvalue weighted by molar-refractivity contribution is 5.29. The van der Waals surface area contributed by atoms with Crippen LogP contribution in [0.1, 0.15) is 16.7 Å². The standard InChI is InChI=1S/C14H22N2/c1-12-4-5-14(10-13(12)2)11-16-8-6-15(3)7-9-16/h4-5,10H,6-9,11H2,1-3H3. The highest BCUT2D eigenvalue weighted by Gasteiger charge is 2.13. The first-order valence-electron chi connectivity index (χ1n) is 6.12. The predicted octanol–water partition coefficient (Wildman–Crippen LogP) is 2.05. The Morgan fingerprint density at radius 2 is 1.69 bits per heavy atom. The van der Waals surface area contributed by atoms with Crippen molar-refractivity contribution in [2.75, 3.05) is 33.2 Å². The SMILES string of the molecule is Cc1ccc(CN2CCN(C)CC2)cc1C. The van der Waals surface area contributed by atoms with Crippen molar-refractivity contribution in [1.82, 2.24) is 9.80 Å². The lowest BCUT2D eigenvalue weighted by Crippen LogP contribution is -2.43. The average Bonchev–Trinajstić information content (AvgIpc) is 2.27. The van der Waals surface area contributed by atoms with Crippen molar-refractivity contribution in [1.29, 1.82) is 0 Å². The molecule has 0 aliphatic carbocycles. The monoisotopic (exact) mass is 218 g/mol. The van der Waals surface area contributed by atoms with Crippen LogP contribution in [0, 0.1) is 13.8 Å². The van der Waals surface area contributed by atoms with Gasteiger partial charge in [0.2, 0.25) is 0 Å². The molecule has 0 unspecified atom stereocenters. The normalized spacial score (nSPS) is 18.9. The van der Waals surface area contributed by atoms with E-state index in [1.807, 2.05) is 0 Å². The van der Waals surface area contributed by atoms with Crippen LogP contribution in [-0.2, 0) is 6.54 Å². The molecule has 1 saturated heterocycles. The lowest BCUT2D eigenvalue weighted by molar-refractivity contribution is 0.148. The van der Waals surface area contributed by atoms with E-state index in [4.69, 9.17) is 0 Å². The van der Waals surface area contributed by atoms with Crippen LogP contribution in [0.15, 0.2) is 18.2 Å². The molecule has 2 heteroatoms. The molecule has 2 rings (SSSR count). The van der Waals surface area contributed by atoms with Crippen molar-refractivity contribution >= 4 is 0 Å². The summed E-state index contributed by atoms with van der Waals surface area (Å²) in [6.07, 6.45) is 0. The van der Waals surface area contributed by atoms with Gasteiger partial charge >= 0.3 is 0 Å². The number of hydrogen-bond acceptors (Lipinski definition) is 2. The largest absolute Gasteiger partial charge is 0.304 e. The van der Waals surface area contributed by atoms with Crippen LogP contribution in [0.3, 0.4) is 0 Å². The van der Waals surface area contributed by atoms with Gasteiger partial charge in [-0.3, -0.25) is 4.90 Å². The average molecular weight is 218 g/mol. The predicted molar refractivity (Wildman–Crippen MR) is 68.7 cm³/mol. The number of nitrogens with zero attached hydrogens (tertiary/aromatic N) is 2. The van der Waals surface area contributed by atoms with Gasteiger partial charge in [0.15, 0.2) is 0 Å². The second kappa shape index (κ2) is 4.98. The summed E-state index contributed by atoms with van der Waals surface area (Å²) in [4.78, 5) is 4.95. The van der Waals surface area contributed by atoms with Crippen molar-refractivity contribution in [3.8, 4) is 0 Å². The molecule has 0 radical (unpaired) electrons. The van der Waals surface area contributed by atoms with E-state index in [-0.39, 0.29) is 0 Å². The van der Waals surface area contributed by atoms with Crippen molar-refractivity contribution < 1.29 is 0 Å². The van der Waals surface area contributed by atoms with Crippen molar-refractivity contribution in [3.63, 3.8) is 0 Å². The Hall–Kier alpha value is -0.860. The number of aryl methyl sites for hydroxylation is 2. The summed E-state index contributed by atoms with van der Waals surface area (Å²) in [6.45, 7) is 10.3. The van der Waals surface area contributed by atoms with E-state index in [9.17, 15) is 0 Å². The Morgan fingerprint density at radius 1 is 1.00 bits per heavy atom. The molecule has 0 spiro atoms. The number of rotatable bonds is 2. The molecule has 1 aliphatic heterocycles. The summed E-state index contributed by atoms with van der Waals surface area (Å²) in [5.74, 6) is 0. The first-order valence-corrected chi connectivity index (χ1v) is 6.12. The minimum Gasteiger partial charge on any atom is -0.304 e. The lowest BCUT2D eigenvalue weighted by Gasteiger charge is -2.32. The van der Waals surface area contributed by atoms with Crippen LogP contribution >= 0.6 is 0 Å². The summed E-state index contributed by atoms with van der Waals surface area (Å²) in [7, 11) is 2.20. The van der Waals surface area contributed by atoms with E-state index in [2.05, 4.69) is 48.9 Å². The molecule has 0 amide bonds. The maximum absolute atomic E-state index is 2.55. The molecule has 1 aromatic rings. The molecule has 0 bridgehead atoms. The van der Waals surface area contributed by atoms with Crippen LogP contribution < -0.4 is 0 Å². The molecule has 1 heterocycles. The highest BCUT2D eigenvalue weighted by atomic mass is 15.2. The van der Waals surface area contributed by atoms with Gasteiger partial charge in [-0.15, -0.1) is 0 Å². The number of piperazine rings is 1. The molecular formula is C14H22N2. The Labute approximate surface area is 98.9 Å². The number of likely N-dealkylation sites (N-methyl/N-ethyl adjacent to an activating group) is 1. The zero-order valence-corrected chi connectivity index (χ0v) is 10.7. The smallest absolute Gasteiger partial charge is 0.0234 e. The molecule has 0 atom stereocenters. The lowest BCUT2D eigenvalue weighted by atomic mass is 10.1. The molecule has 0 N–H and O–H groups in total. The maximum Gasteiger partial charge on any atom is 0.0234 e. The third-order valence-electron chi connectivity index (χ3n) is 3.57. The molecule has 16 heavy (non-hydrogen) atoms. The van der Waals surface area contributed by atoms with Gasteiger partial charge in [-0.2, -0.15) is 0 Å². The molecule has 1 aliphatic rings. The molecule has 1 fully saturated rings. The Morgan fingerprint density at radius 3 is 2.31 bits per heavy atom. The summed E-state index contributed by atoms with van der Waals surface area (Å²) in [5.41, 5.74) is 4.25. The van der Waals surface area contributed by atoms with Crippen molar-refractivity contribution in [2.45, 2.75) is 20.4 Å². The quantitative estimate of drug-likeness (QED) is 0.749. The maximum atomic E-state index is 2.55. The second-order valence-corrected chi connectivity index (χ2v) is 5.00. The fourth-order valence-electron chi connectivity index (χ4n) is 2.17. The number of benzene rings is 1. The fourth-order valence-corrected chi connectivity index (χ4v) is 2.17. The van der Waals surface area contributed by atoms with Crippen molar-refractivity contribution in [3.05, 3.63) is 34.9 Å². The van der Waals surface area contributed by atoms with Crippen LogP contribution in [0.4, 0.5) is 0 Å². The highest BCUT2D eigenvalue weighted by Crippen LogP contribution is 2.12.